The van der Waals surface area contributed by atoms with Crippen LogP contribution in [0.3, 0.4) is 0 Å². The number of hydrogen-bond acceptors (Lipinski definition) is 4. The molecular weight excluding hydrogens is 214 g/mol. The molecule has 0 aromatic rings. The van der Waals surface area contributed by atoms with Gasteiger partial charge >= 0.3 is 37.2 Å². The summed E-state index contributed by atoms with van der Waals surface area (Å²) in [5.74, 6) is -0.259. The summed E-state index contributed by atoms with van der Waals surface area (Å²) in [6.07, 6.45) is 0. The molecule has 0 saturated carbocycles. The molecule has 4 nitrogen and oxygen atoms in total. The van der Waals surface area contributed by atoms with Crippen LogP contribution in [-0.4, -0.2) is 13.2 Å². The maximum absolute atomic E-state index is 11.9. The van der Waals surface area contributed by atoms with Crippen LogP contribution in [0.4, 0.5) is 0 Å². The summed E-state index contributed by atoms with van der Waals surface area (Å²) in [5, 5.41) is 11.1. The summed E-state index contributed by atoms with van der Waals surface area (Å²) in [6, 6.07) is 0. The monoisotopic (exact) mass is 230 g/mol. The molecule has 0 heterocycles. The van der Waals surface area contributed by atoms with Crippen molar-refractivity contribution in [1.82, 2.24) is 0 Å². The normalized spacial score (nSPS) is 13.1. The fourth-order valence-electron chi connectivity index (χ4n) is 0.764. The van der Waals surface area contributed by atoms with Crippen LogP contribution in [0.2, 0.25) is 0 Å². The van der Waals surface area contributed by atoms with Crippen LogP contribution in [0.5, 0.6) is 0 Å². The summed E-state index contributed by atoms with van der Waals surface area (Å²) in [4.78, 5) is 0. The van der Waals surface area contributed by atoms with Gasteiger partial charge in [-0.2, -0.15) is 0 Å². The first-order chi connectivity index (χ1) is 5.98. The Balaban J connectivity index is 0. The molecule has 0 bridgehead atoms. The fourth-order valence-corrected chi connectivity index (χ4v) is 2.29. The maximum atomic E-state index is 11.9. The van der Waals surface area contributed by atoms with Crippen LogP contribution in [0, 0.1) is 0 Å². The second-order valence-electron chi connectivity index (χ2n) is 2.47. The van der Waals surface area contributed by atoms with Gasteiger partial charge in [0.2, 0.25) is 0 Å². The third kappa shape index (κ3) is 4.96. The van der Waals surface area contributed by atoms with E-state index in [1.54, 1.807) is 13.8 Å². The largest absolute Gasteiger partial charge is 1.00 e. The molecule has 0 aromatic carbocycles. The molecule has 0 spiro atoms. The topological polar surface area (TPSA) is 58.6 Å². The summed E-state index contributed by atoms with van der Waals surface area (Å²) in [7, 11) is -3.30. The van der Waals surface area contributed by atoms with E-state index < -0.39 is 7.60 Å². The van der Waals surface area contributed by atoms with Crippen molar-refractivity contribution in [2.75, 3.05) is 13.2 Å². The van der Waals surface area contributed by atoms with Gasteiger partial charge in [-0.1, -0.05) is 6.92 Å². The van der Waals surface area contributed by atoms with Gasteiger partial charge in [0.25, 0.3) is 0 Å². The van der Waals surface area contributed by atoms with Gasteiger partial charge in [-0.15, -0.1) is 5.76 Å². The predicted octanol–water partition coefficient (Wildman–Crippen LogP) is -1.13. The molecule has 0 rings (SSSR count). The number of rotatable bonds is 5. The molecule has 0 amide bonds. The third-order valence-electron chi connectivity index (χ3n) is 1.52. The fraction of sp³-hybridized carbons (Fsp3) is 0.750. The van der Waals surface area contributed by atoms with Gasteiger partial charge in [0.05, 0.1) is 13.2 Å². The zero-order chi connectivity index (χ0) is 10.5. The zero-order valence-electron chi connectivity index (χ0n) is 9.49. The Morgan fingerprint density at radius 1 is 1.21 bits per heavy atom. The molecule has 0 saturated heterocycles. The molecule has 6 heteroatoms. The molecule has 0 aromatic heterocycles. The molecule has 0 fully saturated rings. The Morgan fingerprint density at radius 3 is 1.79 bits per heavy atom. The van der Waals surface area contributed by atoms with Gasteiger partial charge in [0.15, 0.2) is 0 Å². The van der Waals surface area contributed by atoms with Crippen LogP contribution in [0.1, 0.15) is 27.7 Å². The van der Waals surface area contributed by atoms with E-state index in [0.717, 1.165) is 0 Å². The Hall–Kier alpha value is 0.690. The summed E-state index contributed by atoms with van der Waals surface area (Å²) >= 11 is 0. The van der Waals surface area contributed by atoms with Crippen molar-refractivity contribution in [3.05, 3.63) is 11.1 Å². The molecule has 0 atom stereocenters. The second kappa shape index (κ2) is 7.91. The average molecular weight is 230 g/mol. The van der Waals surface area contributed by atoms with Crippen molar-refractivity contribution in [3.63, 3.8) is 0 Å². The van der Waals surface area contributed by atoms with Crippen LogP contribution < -0.4 is 34.7 Å². The van der Waals surface area contributed by atoms with Crippen molar-refractivity contribution < 1.29 is 48.3 Å². The summed E-state index contributed by atoms with van der Waals surface area (Å²) < 4.78 is 21.8. The van der Waals surface area contributed by atoms with E-state index in [-0.39, 0.29) is 53.8 Å². The Kier molecular flexibility index (Phi) is 9.66. The molecule has 0 aliphatic carbocycles. The molecule has 0 unspecified atom stereocenters. The maximum Gasteiger partial charge on any atom is 1.00 e. The third-order valence-corrected chi connectivity index (χ3v) is 3.85. The molecule has 14 heavy (non-hydrogen) atoms. The van der Waals surface area contributed by atoms with E-state index in [4.69, 9.17) is 9.05 Å². The number of hydrogen-bond donors (Lipinski definition) is 0. The molecule has 0 radical (unpaired) electrons. The Labute approximate surface area is 108 Å². The van der Waals surface area contributed by atoms with Gasteiger partial charge in [-0.25, -0.2) is 0 Å². The first-order valence-corrected chi connectivity index (χ1v) is 5.76. The second-order valence-corrected chi connectivity index (χ2v) is 4.66. The van der Waals surface area contributed by atoms with Crippen LogP contribution >= 0.6 is 7.60 Å². The van der Waals surface area contributed by atoms with Crippen molar-refractivity contribution in [2.45, 2.75) is 27.7 Å². The van der Waals surface area contributed by atoms with E-state index in [1.807, 2.05) is 0 Å². The van der Waals surface area contributed by atoms with Crippen LogP contribution in [0.15, 0.2) is 11.1 Å². The van der Waals surface area contributed by atoms with Crippen LogP contribution in [-0.2, 0) is 13.6 Å². The van der Waals surface area contributed by atoms with E-state index in [1.165, 1.54) is 13.8 Å². The molecular formula is C8H16NaO4P. The smallest absolute Gasteiger partial charge is 0.875 e. The summed E-state index contributed by atoms with van der Waals surface area (Å²) in [6.45, 7) is 6.77. The predicted molar refractivity (Wildman–Crippen MR) is 49.2 cm³/mol. The van der Waals surface area contributed by atoms with Crippen molar-refractivity contribution in [3.8, 4) is 0 Å². The molecule has 78 valence electrons. The minimum atomic E-state index is -3.30. The summed E-state index contributed by atoms with van der Waals surface area (Å²) in [5.41, 5.74) is 0. The quantitative estimate of drug-likeness (QED) is 0.340. The average Bonchev–Trinajstić information content (AvgIpc) is 2.03. The molecule has 0 N–H and O–H groups in total. The van der Waals surface area contributed by atoms with Gasteiger partial charge in [0.1, 0.15) is 0 Å². The number of allylic oxidation sites excluding steroid dienone is 2. The van der Waals surface area contributed by atoms with Crippen LogP contribution in [0.25, 0.3) is 0 Å². The van der Waals surface area contributed by atoms with Crippen molar-refractivity contribution in [2.24, 2.45) is 0 Å². The van der Waals surface area contributed by atoms with Gasteiger partial charge < -0.3 is 14.2 Å². The van der Waals surface area contributed by atoms with Gasteiger partial charge in [0, 0.05) is 5.31 Å². The van der Waals surface area contributed by atoms with E-state index >= 15 is 0 Å². The van der Waals surface area contributed by atoms with Gasteiger partial charge in [-0.3, -0.25) is 4.57 Å². The standard InChI is InChI=1S/C8H17O4P.Na/c1-5-11-13(10,12-6-2)8(4)7(3)9;/h9H,5-6H2,1-4H3;/q;+1/p-1. The SMILES string of the molecule is CCOP(=O)(OCC)C(C)=C(C)[O-].[Na+]. The van der Waals surface area contributed by atoms with Crippen molar-refractivity contribution >= 4 is 7.60 Å². The van der Waals surface area contributed by atoms with Gasteiger partial charge in [-0.05, 0) is 20.8 Å². The van der Waals surface area contributed by atoms with E-state index in [0.29, 0.717) is 0 Å². The first-order valence-electron chi connectivity index (χ1n) is 4.22. The van der Waals surface area contributed by atoms with E-state index in [2.05, 4.69) is 0 Å². The first kappa shape index (κ1) is 17.1. The minimum Gasteiger partial charge on any atom is -0.875 e. The van der Waals surface area contributed by atoms with Crippen molar-refractivity contribution in [1.29, 1.82) is 0 Å². The minimum absolute atomic E-state index is 0. The zero-order valence-corrected chi connectivity index (χ0v) is 12.4. The Morgan fingerprint density at radius 2 is 1.57 bits per heavy atom. The molecule has 0 aliphatic heterocycles. The van der Waals surface area contributed by atoms with E-state index in [9.17, 15) is 9.67 Å². The molecule has 0 aliphatic rings. The Bertz CT molecular complexity index is 225.